The number of halogens is 2. The molecule has 0 atom stereocenters. The Labute approximate surface area is 167 Å². The molecule has 0 spiro atoms. The van der Waals surface area contributed by atoms with Gasteiger partial charge in [-0.1, -0.05) is 19.3 Å². The van der Waals surface area contributed by atoms with Gasteiger partial charge in [0.1, 0.15) is 11.6 Å². The van der Waals surface area contributed by atoms with E-state index in [-0.39, 0.29) is 11.5 Å². The number of nitrogens with zero attached hydrogens (tertiary/aromatic N) is 2. The maximum absolute atomic E-state index is 14.4. The summed E-state index contributed by atoms with van der Waals surface area (Å²) in [7, 11) is 0. The fraction of sp³-hybridized carbons (Fsp3) is 0.304. The summed E-state index contributed by atoms with van der Waals surface area (Å²) in [5.41, 5.74) is 4.03. The minimum Gasteiger partial charge on any atom is -0.348 e. The summed E-state index contributed by atoms with van der Waals surface area (Å²) in [6.45, 7) is 0.435. The number of hydrogen-bond donors (Lipinski definition) is 1. The number of hydrogen-bond acceptors (Lipinski definition) is 2. The van der Waals surface area contributed by atoms with E-state index in [1.165, 1.54) is 31.4 Å². The Morgan fingerprint density at radius 2 is 1.76 bits per heavy atom. The van der Waals surface area contributed by atoms with Crippen molar-refractivity contribution in [1.29, 1.82) is 0 Å². The van der Waals surface area contributed by atoms with E-state index < -0.39 is 11.6 Å². The Morgan fingerprint density at radius 3 is 2.55 bits per heavy atom. The van der Waals surface area contributed by atoms with Crippen LogP contribution in [0, 0.1) is 11.6 Å². The molecule has 29 heavy (non-hydrogen) atoms. The zero-order chi connectivity index (χ0) is 20.0. The molecule has 1 fully saturated rings. The average Bonchev–Trinajstić information content (AvgIpc) is 3.36. The van der Waals surface area contributed by atoms with Crippen LogP contribution >= 0.6 is 0 Å². The van der Waals surface area contributed by atoms with E-state index in [0.717, 1.165) is 35.6 Å². The first-order valence-corrected chi connectivity index (χ1v) is 10.1. The van der Waals surface area contributed by atoms with Gasteiger partial charge in [0.2, 0.25) is 0 Å². The summed E-state index contributed by atoms with van der Waals surface area (Å²) in [6, 6.07) is 7.47. The number of rotatable bonds is 3. The molecule has 0 bridgehead atoms. The van der Waals surface area contributed by atoms with Gasteiger partial charge in [0.15, 0.2) is 0 Å². The van der Waals surface area contributed by atoms with Crippen LogP contribution in [-0.4, -0.2) is 15.7 Å². The molecule has 1 aliphatic heterocycles. The Morgan fingerprint density at radius 1 is 0.966 bits per heavy atom. The first-order chi connectivity index (χ1) is 14.1. The summed E-state index contributed by atoms with van der Waals surface area (Å²) in [6.07, 6.45) is 9.80. The van der Waals surface area contributed by atoms with Gasteiger partial charge in [-0.25, -0.2) is 8.78 Å². The Hall–Kier alpha value is -3.02. The van der Waals surface area contributed by atoms with Crippen LogP contribution in [0.2, 0.25) is 0 Å². The molecule has 5 rings (SSSR count). The first kappa shape index (κ1) is 18.0. The molecule has 0 saturated heterocycles. The number of fused-ring (bicyclic) bond motifs is 1. The topological polar surface area (TPSA) is 46.9 Å². The monoisotopic (exact) mass is 393 g/mol. The summed E-state index contributed by atoms with van der Waals surface area (Å²) >= 11 is 0. The van der Waals surface area contributed by atoms with Crippen LogP contribution in [0.1, 0.15) is 54.1 Å². The van der Waals surface area contributed by atoms with Gasteiger partial charge in [0.05, 0.1) is 12.2 Å². The van der Waals surface area contributed by atoms with E-state index in [2.05, 4.69) is 10.4 Å². The van der Waals surface area contributed by atoms with Crippen molar-refractivity contribution in [3.8, 4) is 22.3 Å². The standard InChI is InChI=1S/C23H21F2N3O/c24-16-6-7-18(22(25)10-16)14-8-19(21-12-26-23(29)20(21)9-14)15-11-27-28(13-15)17-4-2-1-3-5-17/h6-11,13,17H,1-5,12H2,(H,26,29). The molecule has 2 heterocycles. The molecular weight excluding hydrogens is 372 g/mol. The van der Waals surface area contributed by atoms with E-state index in [0.29, 0.717) is 23.7 Å². The second-order valence-electron chi connectivity index (χ2n) is 7.86. The third kappa shape index (κ3) is 3.22. The SMILES string of the molecule is O=C1NCc2c1cc(-c1ccc(F)cc1F)cc2-c1cnn(C2CCCCC2)c1. The lowest BCUT2D eigenvalue weighted by Gasteiger charge is -2.21. The average molecular weight is 393 g/mol. The zero-order valence-corrected chi connectivity index (χ0v) is 15.9. The molecule has 3 aromatic rings. The van der Waals surface area contributed by atoms with Crippen LogP contribution in [0.15, 0.2) is 42.7 Å². The van der Waals surface area contributed by atoms with Gasteiger partial charge in [0, 0.05) is 35.5 Å². The summed E-state index contributed by atoms with van der Waals surface area (Å²) in [5.74, 6) is -1.45. The van der Waals surface area contributed by atoms with Crippen molar-refractivity contribution in [3.05, 3.63) is 65.5 Å². The van der Waals surface area contributed by atoms with Crippen molar-refractivity contribution in [2.24, 2.45) is 0 Å². The number of carbonyl (C=O) groups excluding carboxylic acids is 1. The number of carbonyl (C=O) groups is 1. The van der Waals surface area contributed by atoms with E-state index in [1.54, 1.807) is 6.07 Å². The quantitative estimate of drug-likeness (QED) is 0.661. The molecular formula is C23H21F2N3O. The lowest BCUT2D eigenvalue weighted by atomic mass is 9.92. The van der Waals surface area contributed by atoms with Gasteiger partial charge < -0.3 is 5.32 Å². The fourth-order valence-electron chi connectivity index (χ4n) is 4.49. The molecule has 2 aromatic carbocycles. The minimum atomic E-state index is -0.646. The number of benzene rings is 2. The summed E-state index contributed by atoms with van der Waals surface area (Å²) in [4.78, 5) is 12.3. The number of nitrogens with one attached hydrogen (secondary N) is 1. The third-order valence-corrected chi connectivity index (χ3v) is 6.02. The highest BCUT2D eigenvalue weighted by Crippen LogP contribution is 2.36. The Kier molecular flexibility index (Phi) is 4.42. The van der Waals surface area contributed by atoms with Crippen molar-refractivity contribution >= 4 is 5.91 Å². The molecule has 0 radical (unpaired) electrons. The Balaban J connectivity index is 1.61. The van der Waals surface area contributed by atoms with Crippen molar-refractivity contribution < 1.29 is 13.6 Å². The van der Waals surface area contributed by atoms with Crippen molar-refractivity contribution in [3.63, 3.8) is 0 Å². The molecule has 4 nitrogen and oxygen atoms in total. The highest BCUT2D eigenvalue weighted by molar-refractivity contribution is 6.02. The highest BCUT2D eigenvalue weighted by Gasteiger charge is 2.25. The highest BCUT2D eigenvalue weighted by atomic mass is 19.1. The second kappa shape index (κ2) is 7.10. The van der Waals surface area contributed by atoms with E-state index >= 15 is 0 Å². The van der Waals surface area contributed by atoms with Gasteiger partial charge >= 0.3 is 0 Å². The van der Waals surface area contributed by atoms with Crippen molar-refractivity contribution in [1.82, 2.24) is 15.1 Å². The predicted octanol–water partition coefficient (Wildman–Crippen LogP) is 5.24. The van der Waals surface area contributed by atoms with E-state index in [4.69, 9.17) is 0 Å². The normalized spacial score (nSPS) is 16.7. The van der Waals surface area contributed by atoms with Gasteiger partial charge in [0.25, 0.3) is 5.91 Å². The Bertz CT molecular complexity index is 1100. The largest absolute Gasteiger partial charge is 0.348 e. The molecule has 1 aromatic heterocycles. The van der Waals surface area contributed by atoms with Gasteiger partial charge in [-0.2, -0.15) is 5.10 Å². The predicted molar refractivity (Wildman–Crippen MR) is 106 cm³/mol. The summed E-state index contributed by atoms with van der Waals surface area (Å²) in [5, 5.41) is 7.43. The fourth-order valence-corrected chi connectivity index (χ4v) is 4.49. The molecule has 0 unspecified atom stereocenters. The molecule has 1 aliphatic carbocycles. The van der Waals surface area contributed by atoms with Crippen molar-refractivity contribution in [2.45, 2.75) is 44.7 Å². The number of aromatic nitrogens is 2. The van der Waals surface area contributed by atoms with Gasteiger partial charge in [-0.05, 0) is 53.8 Å². The van der Waals surface area contributed by atoms with Crippen LogP contribution in [0.4, 0.5) is 8.78 Å². The smallest absolute Gasteiger partial charge is 0.251 e. The molecule has 1 N–H and O–H groups in total. The lowest BCUT2D eigenvalue weighted by molar-refractivity contribution is 0.0966. The van der Waals surface area contributed by atoms with Gasteiger partial charge in [-0.3, -0.25) is 9.48 Å². The summed E-state index contributed by atoms with van der Waals surface area (Å²) < 4.78 is 29.8. The minimum absolute atomic E-state index is 0.176. The van der Waals surface area contributed by atoms with E-state index in [9.17, 15) is 13.6 Å². The third-order valence-electron chi connectivity index (χ3n) is 6.02. The molecule has 148 valence electrons. The van der Waals surface area contributed by atoms with Crippen LogP contribution in [0.25, 0.3) is 22.3 Å². The molecule has 6 heteroatoms. The van der Waals surface area contributed by atoms with Gasteiger partial charge in [-0.15, -0.1) is 0 Å². The maximum atomic E-state index is 14.4. The van der Waals surface area contributed by atoms with Crippen LogP contribution in [-0.2, 0) is 6.54 Å². The van der Waals surface area contributed by atoms with Crippen LogP contribution in [0.3, 0.4) is 0 Å². The van der Waals surface area contributed by atoms with Crippen molar-refractivity contribution in [2.75, 3.05) is 0 Å². The zero-order valence-electron chi connectivity index (χ0n) is 15.9. The molecule has 2 aliphatic rings. The molecule has 1 saturated carbocycles. The van der Waals surface area contributed by atoms with E-state index in [1.807, 2.05) is 23.1 Å². The molecule has 1 amide bonds. The first-order valence-electron chi connectivity index (χ1n) is 10.1. The maximum Gasteiger partial charge on any atom is 0.251 e. The number of amides is 1. The van der Waals surface area contributed by atoms with Crippen LogP contribution < -0.4 is 5.32 Å². The second-order valence-corrected chi connectivity index (χ2v) is 7.86. The van der Waals surface area contributed by atoms with Crippen LogP contribution in [0.5, 0.6) is 0 Å². The lowest BCUT2D eigenvalue weighted by Crippen LogP contribution is -2.12.